The predicted molar refractivity (Wildman–Crippen MR) is 157 cm³/mol. The molecule has 3 aromatic carbocycles. The molecule has 0 radical (unpaired) electrons. The average molecular weight is 540 g/mol. The smallest absolute Gasteiger partial charge is 0.253 e. The van der Waals surface area contributed by atoms with Gasteiger partial charge >= 0.3 is 0 Å². The van der Waals surface area contributed by atoms with Gasteiger partial charge in [0.1, 0.15) is 11.1 Å². The van der Waals surface area contributed by atoms with Crippen molar-refractivity contribution in [3.63, 3.8) is 0 Å². The van der Waals surface area contributed by atoms with E-state index >= 15 is 0 Å². The van der Waals surface area contributed by atoms with Crippen molar-refractivity contribution in [2.45, 2.75) is 44.2 Å². The number of amides is 2. The molecule has 9 rings (SSSR count). The summed E-state index contributed by atoms with van der Waals surface area (Å²) in [6.45, 7) is 4.74. The Hall–Kier alpha value is -4.63. The summed E-state index contributed by atoms with van der Waals surface area (Å²) in [6.07, 6.45) is 3.98. The van der Waals surface area contributed by atoms with Gasteiger partial charge in [0, 0.05) is 23.6 Å². The first-order valence-corrected chi connectivity index (χ1v) is 14.3. The van der Waals surface area contributed by atoms with Crippen molar-refractivity contribution in [2.75, 3.05) is 6.54 Å². The molecular formula is C35H29N3O3. The fraction of sp³-hybridized carbons (Fsp3) is 0.286. The summed E-state index contributed by atoms with van der Waals surface area (Å²) in [7, 11) is 0. The molecule has 2 amide bonds. The zero-order chi connectivity index (χ0) is 28.1. The van der Waals surface area contributed by atoms with Crippen molar-refractivity contribution in [1.29, 1.82) is 0 Å². The Morgan fingerprint density at radius 1 is 0.927 bits per heavy atom. The Labute approximate surface area is 239 Å². The highest BCUT2D eigenvalue weighted by atomic mass is 16.5. The lowest BCUT2D eigenvalue weighted by Gasteiger charge is -2.62. The zero-order valence-electron chi connectivity index (χ0n) is 23.0. The van der Waals surface area contributed by atoms with Crippen LogP contribution in [0.15, 0.2) is 78.9 Å². The minimum atomic E-state index is -1.14. The molecule has 6 nitrogen and oxygen atoms in total. The van der Waals surface area contributed by atoms with E-state index < -0.39 is 16.5 Å². The topological polar surface area (TPSA) is 75.5 Å². The molecule has 4 saturated heterocycles. The molecule has 0 saturated carbocycles. The van der Waals surface area contributed by atoms with Gasteiger partial charge in [-0.2, -0.15) is 4.74 Å². The molecule has 5 aliphatic heterocycles. The number of hydrogen-bond donors (Lipinski definition) is 1. The highest BCUT2D eigenvalue weighted by Crippen LogP contribution is 2.60. The predicted octanol–water partition coefficient (Wildman–Crippen LogP) is 5.02. The Kier molecular flexibility index (Phi) is 4.71. The van der Waals surface area contributed by atoms with Crippen LogP contribution in [0.5, 0.6) is 0 Å². The van der Waals surface area contributed by atoms with Crippen molar-refractivity contribution in [3.8, 4) is 23.0 Å². The molecule has 202 valence electrons. The second-order valence-corrected chi connectivity index (χ2v) is 12.5. The largest absolute Gasteiger partial charge is 0.618 e. The molecule has 6 aliphatic rings. The monoisotopic (exact) mass is 539 g/mol. The maximum Gasteiger partial charge on any atom is 0.253 e. The van der Waals surface area contributed by atoms with E-state index in [-0.39, 0.29) is 17.7 Å². The number of piperazine rings is 1. The number of hydrogen-bond acceptors (Lipinski definition) is 3. The summed E-state index contributed by atoms with van der Waals surface area (Å²) in [5.74, 6) is 6.12. The summed E-state index contributed by atoms with van der Waals surface area (Å²) in [5, 5.41) is 17.4. The molecular weight excluding hydrogens is 510 g/mol. The first-order chi connectivity index (χ1) is 19.8. The van der Waals surface area contributed by atoms with Crippen LogP contribution in [0.3, 0.4) is 0 Å². The standard InChI is InChI=1S/C35H29N3O3/c1-33(2)28-21-34-18-7-19-37(34)32(40)35(28,36-31(34)39)20-27-26-11-6-10-25(29(26)38(41)30(27)33)24-16-14-23(15-17-24)13-12-22-8-4-3-5-9-22/h3-6,8-11,14-17,20,28H,7,18-19,21H2,1-2H3,(H,36,39)/t28?,34-,35-/m0/s1. The Morgan fingerprint density at radius 3 is 2.39 bits per heavy atom. The first kappa shape index (κ1) is 24.2. The van der Waals surface area contributed by atoms with E-state index in [2.05, 4.69) is 31.0 Å². The van der Waals surface area contributed by atoms with Gasteiger partial charge in [0.25, 0.3) is 5.91 Å². The quantitative estimate of drug-likeness (QED) is 0.268. The van der Waals surface area contributed by atoms with E-state index in [9.17, 15) is 14.8 Å². The Bertz CT molecular complexity index is 1810. The van der Waals surface area contributed by atoms with Crippen molar-refractivity contribution in [3.05, 3.63) is 101 Å². The van der Waals surface area contributed by atoms with Crippen LogP contribution < -0.4 is 5.32 Å². The molecule has 4 fully saturated rings. The molecule has 5 heterocycles. The van der Waals surface area contributed by atoms with Crippen molar-refractivity contribution < 1.29 is 14.3 Å². The summed E-state index contributed by atoms with van der Waals surface area (Å²) in [6, 6.07) is 23.7. The number of rotatable bonds is 1. The number of nitrogens with one attached hydrogen (secondary N) is 1. The number of nitrogens with zero attached hydrogens (tertiary/aromatic N) is 2. The highest BCUT2D eigenvalue weighted by molar-refractivity contribution is 6.30. The van der Waals surface area contributed by atoms with Gasteiger partial charge in [-0.3, -0.25) is 9.59 Å². The van der Waals surface area contributed by atoms with Gasteiger partial charge in [0.15, 0.2) is 0 Å². The molecule has 41 heavy (non-hydrogen) atoms. The van der Waals surface area contributed by atoms with E-state index in [0.717, 1.165) is 44.6 Å². The lowest BCUT2D eigenvalue weighted by Crippen LogP contribution is -2.83. The molecule has 6 heteroatoms. The molecule has 1 unspecified atom stereocenters. The summed E-state index contributed by atoms with van der Waals surface area (Å²) >= 11 is 0. The number of benzene rings is 3. The van der Waals surface area contributed by atoms with E-state index in [1.165, 1.54) is 0 Å². The van der Waals surface area contributed by atoms with E-state index in [1.807, 2.05) is 83.8 Å². The third kappa shape index (κ3) is 3.01. The van der Waals surface area contributed by atoms with Crippen LogP contribution in [-0.4, -0.2) is 44.8 Å². The minimum absolute atomic E-state index is 0.0280. The third-order valence-electron chi connectivity index (χ3n) is 10.1. The number of piperidine rings is 2. The van der Waals surface area contributed by atoms with Crippen molar-refractivity contribution in [1.82, 2.24) is 10.2 Å². The summed E-state index contributed by atoms with van der Waals surface area (Å²) in [5.41, 5.74) is 3.86. The second-order valence-electron chi connectivity index (χ2n) is 12.5. The van der Waals surface area contributed by atoms with Crippen LogP contribution in [0.4, 0.5) is 5.69 Å². The Balaban J connectivity index is 1.24. The van der Waals surface area contributed by atoms with Crippen molar-refractivity contribution in [2.24, 2.45) is 11.3 Å². The van der Waals surface area contributed by atoms with Gasteiger partial charge in [-0.05, 0) is 81.1 Å². The van der Waals surface area contributed by atoms with Crippen molar-refractivity contribution >= 4 is 28.8 Å². The van der Waals surface area contributed by atoms with Crippen LogP contribution in [-0.2, 0) is 9.59 Å². The lowest BCUT2D eigenvalue weighted by molar-refractivity contribution is -0.361. The second kappa shape index (κ2) is 7.98. The molecule has 1 aliphatic carbocycles. The lowest BCUT2D eigenvalue weighted by atomic mass is 9.51. The fourth-order valence-electron chi connectivity index (χ4n) is 8.16. The molecule has 2 bridgehead atoms. The van der Waals surface area contributed by atoms with Crippen LogP contribution in [0.25, 0.3) is 16.7 Å². The third-order valence-corrected chi connectivity index (χ3v) is 10.1. The SMILES string of the molecule is CC1(C)C2=[N+]([O-])c3c(cccc3-c3ccc(C#Cc4ccccc4)cc3)C2=C[C@@]23NC(=O)[C@]4(CCCN4C2=O)CC13. The number of para-hydroxylation sites is 1. The summed E-state index contributed by atoms with van der Waals surface area (Å²) < 4.78 is 1.09. The number of carbonyl (C=O) groups is 2. The van der Waals surface area contributed by atoms with Crippen LogP contribution in [0.2, 0.25) is 0 Å². The van der Waals surface area contributed by atoms with Gasteiger partial charge in [-0.25, -0.2) is 0 Å². The van der Waals surface area contributed by atoms with Gasteiger partial charge in [0.05, 0.1) is 22.1 Å². The number of allylic oxidation sites excluding steroid dienone is 1. The number of carbonyl (C=O) groups excluding carboxylic acids is 2. The van der Waals surface area contributed by atoms with Gasteiger partial charge in [-0.1, -0.05) is 48.2 Å². The average Bonchev–Trinajstić information content (AvgIpc) is 3.54. The molecule has 2 spiro atoms. The normalized spacial score (nSPS) is 28.2. The van der Waals surface area contributed by atoms with Gasteiger partial charge in [-0.15, -0.1) is 0 Å². The fourth-order valence-corrected chi connectivity index (χ4v) is 8.16. The van der Waals surface area contributed by atoms with E-state index in [0.29, 0.717) is 30.8 Å². The highest BCUT2D eigenvalue weighted by Gasteiger charge is 2.74. The van der Waals surface area contributed by atoms with Gasteiger partial charge < -0.3 is 15.4 Å². The van der Waals surface area contributed by atoms with Gasteiger partial charge in [0.2, 0.25) is 17.3 Å². The molecule has 1 N–H and O–H groups in total. The maximum atomic E-state index is 14.3. The van der Waals surface area contributed by atoms with Crippen LogP contribution in [0, 0.1) is 28.4 Å². The maximum absolute atomic E-state index is 14.3. The molecule has 0 aromatic heterocycles. The minimum Gasteiger partial charge on any atom is -0.618 e. The van der Waals surface area contributed by atoms with Crippen LogP contribution in [0.1, 0.15) is 49.8 Å². The zero-order valence-corrected chi connectivity index (χ0v) is 23.0. The van der Waals surface area contributed by atoms with E-state index in [4.69, 9.17) is 0 Å². The van der Waals surface area contributed by atoms with E-state index in [1.54, 1.807) is 0 Å². The molecule has 3 aromatic rings. The first-order valence-electron chi connectivity index (χ1n) is 14.3. The Morgan fingerprint density at radius 2 is 1.63 bits per heavy atom. The van der Waals surface area contributed by atoms with Crippen LogP contribution >= 0.6 is 0 Å². The number of fused-ring (bicyclic) bond motifs is 4. The molecule has 3 atom stereocenters. The summed E-state index contributed by atoms with van der Waals surface area (Å²) in [4.78, 5) is 29.3.